The SMILES string of the molecule is Cc1[nH]ncc1-c1nc(C[C@H]2CCC(=O)N2)n(-c2ccnn2C)n1. The number of rotatable bonds is 4. The van der Waals surface area contributed by atoms with Crippen LogP contribution in [0, 0.1) is 6.92 Å². The van der Waals surface area contributed by atoms with Crippen molar-refractivity contribution in [2.45, 2.75) is 32.2 Å². The average Bonchev–Trinajstić information content (AvgIpc) is 3.29. The number of nitrogens with zero attached hydrogens (tertiary/aromatic N) is 6. The second kappa shape index (κ2) is 5.59. The summed E-state index contributed by atoms with van der Waals surface area (Å²) in [5, 5.41) is 18.8. The minimum Gasteiger partial charge on any atom is -0.353 e. The Morgan fingerprint density at radius 2 is 2.29 bits per heavy atom. The van der Waals surface area contributed by atoms with Gasteiger partial charge < -0.3 is 5.32 Å². The van der Waals surface area contributed by atoms with E-state index in [0.717, 1.165) is 29.3 Å². The summed E-state index contributed by atoms with van der Waals surface area (Å²) in [5.74, 6) is 2.33. The third-order valence-corrected chi connectivity index (χ3v) is 4.27. The molecule has 0 saturated carbocycles. The van der Waals surface area contributed by atoms with E-state index in [4.69, 9.17) is 4.98 Å². The molecule has 0 aliphatic carbocycles. The molecular formula is C15H18N8O. The van der Waals surface area contributed by atoms with Crippen LogP contribution in [-0.2, 0) is 18.3 Å². The zero-order chi connectivity index (χ0) is 16.7. The van der Waals surface area contributed by atoms with Crippen LogP contribution in [0.25, 0.3) is 17.2 Å². The van der Waals surface area contributed by atoms with Crippen LogP contribution in [0.3, 0.4) is 0 Å². The van der Waals surface area contributed by atoms with Gasteiger partial charge in [-0.1, -0.05) is 0 Å². The number of carbonyl (C=O) groups is 1. The summed E-state index contributed by atoms with van der Waals surface area (Å²) in [6.45, 7) is 1.93. The molecule has 0 aromatic carbocycles. The van der Waals surface area contributed by atoms with Crippen molar-refractivity contribution in [3.05, 3.63) is 30.0 Å². The Hall–Kier alpha value is -2.97. The fourth-order valence-electron chi connectivity index (χ4n) is 2.98. The number of amides is 1. The van der Waals surface area contributed by atoms with Crippen LogP contribution in [-0.4, -0.2) is 46.7 Å². The maximum absolute atomic E-state index is 11.5. The number of hydrogen-bond acceptors (Lipinski definition) is 5. The van der Waals surface area contributed by atoms with E-state index in [1.165, 1.54) is 0 Å². The standard InChI is InChI=1S/C15H18N8O/c1-9-11(8-16-20-9)15-19-12(7-10-3-4-13(24)18-10)23(21-15)14-5-6-17-22(14)2/h5-6,8,10H,3-4,7H2,1-2H3,(H,16,20)(H,18,24)/t10-/m1/s1. The molecule has 3 aromatic rings. The number of H-pyrrole nitrogens is 1. The Labute approximate surface area is 138 Å². The number of carbonyl (C=O) groups excluding carboxylic acids is 1. The summed E-state index contributed by atoms with van der Waals surface area (Å²) in [7, 11) is 1.86. The fraction of sp³-hybridized carbons (Fsp3) is 0.400. The van der Waals surface area contributed by atoms with E-state index < -0.39 is 0 Å². The molecule has 1 aliphatic heterocycles. The minimum absolute atomic E-state index is 0.0898. The minimum atomic E-state index is 0.0898. The number of aryl methyl sites for hydroxylation is 2. The summed E-state index contributed by atoms with van der Waals surface area (Å²) in [6, 6.07) is 1.98. The second-order valence-electron chi connectivity index (χ2n) is 5.99. The molecule has 1 fully saturated rings. The lowest BCUT2D eigenvalue weighted by Crippen LogP contribution is -2.28. The third-order valence-electron chi connectivity index (χ3n) is 4.27. The van der Waals surface area contributed by atoms with Gasteiger partial charge in [-0.2, -0.15) is 14.9 Å². The monoisotopic (exact) mass is 326 g/mol. The predicted molar refractivity (Wildman–Crippen MR) is 85.3 cm³/mol. The first-order valence-electron chi connectivity index (χ1n) is 7.86. The van der Waals surface area contributed by atoms with Crippen molar-refractivity contribution in [2.75, 3.05) is 0 Å². The van der Waals surface area contributed by atoms with Crippen molar-refractivity contribution in [3.63, 3.8) is 0 Å². The van der Waals surface area contributed by atoms with Crippen molar-refractivity contribution in [2.24, 2.45) is 7.05 Å². The van der Waals surface area contributed by atoms with Gasteiger partial charge in [0.05, 0.1) is 18.0 Å². The molecule has 0 bridgehead atoms. The largest absolute Gasteiger partial charge is 0.353 e. The van der Waals surface area contributed by atoms with Gasteiger partial charge >= 0.3 is 0 Å². The highest BCUT2D eigenvalue weighted by atomic mass is 16.1. The molecule has 9 heteroatoms. The van der Waals surface area contributed by atoms with Crippen molar-refractivity contribution < 1.29 is 4.79 Å². The third kappa shape index (κ3) is 2.47. The summed E-state index contributed by atoms with van der Waals surface area (Å²) in [5.41, 5.74) is 1.78. The molecule has 1 aliphatic rings. The Bertz CT molecular complexity index is 889. The van der Waals surface area contributed by atoms with Gasteiger partial charge in [0, 0.05) is 37.7 Å². The van der Waals surface area contributed by atoms with Gasteiger partial charge in [-0.15, -0.1) is 5.10 Å². The van der Waals surface area contributed by atoms with Crippen LogP contribution in [0.4, 0.5) is 0 Å². The number of aromatic nitrogens is 7. The molecule has 0 radical (unpaired) electrons. The molecule has 1 atom stereocenters. The zero-order valence-corrected chi connectivity index (χ0v) is 13.5. The molecule has 1 saturated heterocycles. The summed E-state index contributed by atoms with van der Waals surface area (Å²) in [4.78, 5) is 16.2. The van der Waals surface area contributed by atoms with Gasteiger partial charge in [-0.05, 0) is 13.3 Å². The van der Waals surface area contributed by atoms with Crippen LogP contribution in [0.15, 0.2) is 18.5 Å². The highest BCUT2D eigenvalue weighted by molar-refractivity contribution is 5.78. The lowest BCUT2D eigenvalue weighted by atomic mass is 10.1. The normalized spacial score (nSPS) is 17.4. The van der Waals surface area contributed by atoms with Gasteiger partial charge in [0.2, 0.25) is 5.91 Å². The molecular weight excluding hydrogens is 308 g/mol. The molecule has 0 unspecified atom stereocenters. The van der Waals surface area contributed by atoms with E-state index in [1.807, 2.05) is 20.0 Å². The maximum atomic E-state index is 11.5. The maximum Gasteiger partial charge on any atom is 0.220 e. The van der Waals surface area contributed by atoms with Gasteiger partial charge in [0.25, 0.3) is 0 Å². The first-order chi connectivity index (χ1) is 11.6. The molecule has 3 aromatic heterocycles. The Morgan fingerprint density at radius 1 is 1.42 bits per heavy atom. The first-order valence-corrected chi connectivity index (χ1v) is 7.86. The van der Waals surface area contributed by atoms with Crippen molar-refractivity contribution in [1.82, 2.24) is 40.1 Å². The van der Waals surface area contributed by atoms with Crippen LogP contribution in [0.2, 0.25) is 0 Å². The molecule has 124 valence electrons. The zero-order valence-electron chi connectivity index (χ0n) is 13.5. The fourth-order valence-corrected chi connectivity index (χ4v) is 2.98. The highest BCUT2D eigenvalue weighted by Gasteiger charge is 2.25. The summed E-state index contributed by atoms with van der Waals surface area (Å²) in [6.07, 6.45) is 5.45. The van der Waals surface area contributed by atoms with E-state index >= 15 is 0 Å². The van der Waals surface area contributed by atoms with E-state index in [0.29, 0.717) is 18.7 Å². The molecule has 2 N–H and O–H groups in total. The van der Waals surface area contributed by atoms with Gasteiger partial charge in [0.15, 0.2) is 11.6 Å². The van der Waals surface area contributed by atoms with Crippen LogP contribution in [0.5, 0.6) is 0 Å². The smallest absolute Gasteiger partial charge is 0.220 e. The molecule has 4 rings (SSSR count). The Balaban J connectivity index is 1.75. The summed E-state index contributed by atoms with van der Waals surface area (Å²) < 4.78 is 3.54. The van der Waals surface area contributed by atoms with Crippen molar-refractivity contribution >= 4 is 5.91 Å². The predicted octanol–water partition coefficient (Wildman–Crippen LogP) is 0.520. The topological polar surface area (TPSA) is 106 Å². The van der Waals surface area contributed by atoms with Crippen LogP contribution in [0.1, 0.15) is 24.4 Å². The molecule has 4 heterocycles. The van der Waals surface area contributed by atoms with Crippen molar-refractivity contribution in [1.29, 1.82) is 0 Å². The first kappa shape index (κ1) is 14.6. The van der Waals surface area contributed by atoms with Gasteiger partial charge in [0.1, 0.15) is 5.82 Å². The van der Waals surface area contributed by atoms with Crippen LogP contribution >= 0.6 is 0 Å². The van der Waals surface area contributed by atoms with E-state index in [-0.39, 0.29) is 11.9 Å². The average molecular weight is 326 g/mol. The second-order valence-corrected chi connectivity index (χ2v) is 5.99. The molecule has 0 spiro atoms. The number of aromatic amines is 1. The quantitative estimate of drug-likeness (QED) is 0.727. The Kier molecular flexibility index (Phi) is 3.40. The Morgan fingerprint density at radius 3 is 2.92 bits per heavy atom. The van der Waals surface area contributed by atoms with E-state index in [1.54, 1.807) is 21.8 Å². The lowest BCUT2D eigenvalue weighted by Gasteiger charge is -2.10. The van der Waals surface area contributed by atoms with Crippen LogP contribution < -0.4 is 5.32 Å². The summed E-state index contributed by atoms with van der Waals surface area (Å²) >= 11 is 0. The lowest BCUT2D eigenvalue weighted by molar-refractivity contribution is -0.119. The van der Waals surface area contributed by atoms with Crippen molar-refractivity contribution in [3.8, 4) is 17.2 Å². The van der Waals surface area contributed by atoms with Gasteiger partial charge in [-0.25, -0.2) is 4.98 Å². The number of nitrogens with one attached hydrogen (secondary N) is 2. The molecule has 24 heavy (non-hydrogen) atoms. The molecule has 9 nitrogen and oxygen atoms in total. The van der Waals surface area contributed by atoms with E-state index in [2.05, 4.69) is 25.7 Å². The number of hydrogen-bond donors (Lipinski definition) is 2. The van der Waals surface area contributed by atoms with E-state index in [9.17, 15) is 4.79 Å². The van der Waals surface area contributed by atoms with Gasteiger partial charge in [-0.3, -0.25) is 14.6 Å². The highest BCUT2D eigenvalue weighted by Crippen LogP contribution is 2.22. The molecule has 1 amide bonds.